The van der Waals surface area contributed by atoms with Gasteiger partial charge >= 0.3 is 0 Å². The second-order valence-electron chi connectivity index (χ2n) is 3.05. The molecule has 0 amide bonds. The Labute approximate surface area is 62.1 Å². The zero-order valence-corrected chi connectivity index (χ0v) is 6.25. The van der Waals surface area contributed by atoms with Gasteiger partial charge in [0.15, 0.2) is 0 Å². The summed E-state index contributed by atoms with van der Waals surface area (Å²) in [5.41, 5.74) is 0. The van der Waals surface area contributed by atoms with Crippen molar-refractivity contribution < 1.29 is 4.79 Å². The fourth-order valence-corrected chi connectivity index (χ4v) is 1.52. The van der Waals surface area contributed by atoms with E-state index in [1.54, 1.807) is 0 Å². The molecule has 1 saturated carbocycles. The van der Waals surface area contributed by atoms with Crippen LogP contribution in [-0.4, -0.2) is 6.29 Å². The van der Waals surface area contributed by atoms with Crippen LogP contribution in [0, 0.1) is 11.8 Å². The first-order valence-electron chi connectivity index (χ1n) is 3.94. The Kier molecular flexibility index (Phi) is 2.67. The number of carbonyl (C=O) groups excluding carboxylic acids is 1. The number of aldehydes is 1. The molecule has 1 aliphatic carbocycles. The molecule has 10 heavy (non-hydrogen) atoms. The van der Waals surface area contributed by atoms with Gasteiger partial charge in [0.05, 0.1) is 0 Å². The maximum atomic E-state index is 10.3. The monoisotopic (exact) mass is 138 g/mol. The van der Waals surface area contributed by atoms with Crippen molar-refractivity contribution in [3.63, 3.8) is 0 Å². The average Bonchev–Trinajstić information content (AvgIpc) is 2.05. The number of carbonyl (C=O) groups is 1. The van der Waals surface area contributed by atoms with Gasteiger partial charge in [0.1, 0.15) is 6.29 Å². The summed E-state index contributed by atoms with van der Waals surface area (Å²) in [7, 11) is 0. The van der Waals surface area contributed by atoms with Crippen molar-refractivity contribution in [3.8, 4) is 0 Å². The van der Waals surface area contributed by atoms with Gasteiger partial charge in [-0.3, -0.25) is 0 Å². The standard InChI is InChI=1S/C9H14O/c1-2-8-3-5-9(7-10)6-4-8/h2,7-9H,1,3-6H2/t8-,9+. The minimum atomic E-state index is 0.344. The maximum absolute atomic E-state index is 10.3. The van der Waals surface area contributed by atoms with E-state index in [1.807, 2.05) is 6.08 Å². The fraction of sp³-hybridized carbons (Fsp3) is 0.667. The second-order valence-corrected chi connectivity index (χ2v) is 3.05. The van der Waals surface area contributed by atoms with Crippen molar-refractivity contribution in [2.45, 2.75) is 25.7 Å². The summed E-state index contributed by atoms with van der Waals surface area (Å²) in [6.45, 7) is 3.75. The van der Waals surface area contributed by atoms with Crippen molar-refractivity contribution in [2.24, 2.45) is 11.8 Å². The van der Waals surface area contributed by atoms with E-state index in [1.165, 1.54) is 0 Å². The van der Waals surface area contributed by atoms with Crippen LogP contribution in [0.1, 0.15) is 25.7 Å². The summed E-state index contributed by atoms with van der Waals surface area (Å²) in [6, 6.07) is 0. The number of hydrogen-bond donors (Lipinski definition) is 0. The van der Waals surface area contributed by atoms with Gasteiger partial charge in [-0.2, -0.15) is 0 Å². The maximum Gasteiger partial charge on any atom is 0.123 e. The topological polar surface area (TPSA) is 17.1 Å². The molecule has 0 aromatic heterocycles. The molecule has 0 spiro atoms. The highest BCUT2D eigenvalue weighted by Gasteiger charge is 2.17. The first kappa shape index (κ1) is 7.52. The van der Waals surface area contributed by atoms with Gasteiger partial charge in [-0.25, -0.2) is 0 Å². The van der Waals surface area contributed by atoms with E-state index in [2.05, 4.69) is 6.58 Å². The molecule has 56 valence electrons. The van der Waals surface area contributed by atoms with Crippen LogP contribution < -0.4 is 0 Å². The molecule has 0 atom stereocenters. The fourth-order valence-electron chi connectivity index (χ4n) is 1.52. The van der Waals surface area contributed by atoms with Crippen LogP contribution in [0.2, 0.25) is 0 Å². The lowest BCUT2D eigenvalue weighted by Gasteiger charge is -2.22. The molecule has 0 bridgehead atoms. The summed E-state index contributed by atoms with van der Waals surface area (Å²) in [5, 5.41) is 0. The number of rotatable bonds is 2. The van der Waals surface area contributed by atoms with Crippen molar-refractivity contribution in [2.75, 3.05) is 0 Å². The van der Waals surface area contributed by atoms with E-state index in [4.69, 9.17) is 0 Å². The summed E-state index contributed by atoms with van der Waals surface area (Å²) in [4.78, 5) is 10.3. The highest BCUT2D eigenvalue weighted by Crippen LogP contribution is 2.27. The van der Waals surface area contributed by atoms with E-state index in [9.17, 15) is 4.79 Å². The highest BCUT2D eigenvalue weighted by molar-refractivity contribution is 5.53. The SMILES string of the molecule is C=C[C@H]1CC[C@@H](C=O)CC1. The molecule has 1 rings (SSSR count). The minimum Gasteiger partial charge on any atom is -0.303 e. The van der Waals surface area contributed by atoms with Crippen LogP contribution in [0.5, 0.6) is 0 Å². The molecule has 0 radical (unpaired) electrons. The Hall–Kier alpha value is -0.590. The third-order valence-electron chi connectivity index (χ3n) is 2.34. The van der Waals surface area contributed by atoms with E-state index in [0.29, 0.717) is 11.8 Å². The minimum absolute atomic E-state index is 0.344. The van der Waals surface area contributed by atoms with Crippen molar-refractivity contribution in [1.29, 1.82) is 0 Å². The lowest BCUT2D eigenvalue weighted by molar-refractivity contribution is -0.112. The van der Waals surface area contributed by atoms with Crippen LogP contribution in [0.3, 0.4) is 0 Å². The Balaban J connectivity index is 2.30. The van der Waals surface area contributed by atoms with Gasteiger partial charge < -0.3 is 4.79 Å². The molecule has 1 fully saturated rings. The number of hydrogen-bond acceptors (Lipinski definition) is 1. The van der Waals surface area contributed by atoms with E-state index < -0.39 is 0 Å². The molecule has 0 aromatic rings. The number of allylic oxidation sites excluding steroid dienone is 1. The average molecular weight is 138 g/mol. The first-order chi connectivity index (χ1) is 4.86. The molecule has 1 aliphatic rings. The summed E-state index contributed by atoms with van der Waals surface area (Å²) < 4.78 is 0. The van der Waals surface area contributed by atoms with Gasteiger partial charge in [0.25, 0.3) is 0 Å². The predicted molar refractivity (Wildman–Crippen MR) is 41.7 cm³/mol. The molecular formula is C9H14O. The second kappa shape index (κ2) is 3.55. The molecule has 0 heterocycles. The smallest absolute Gasteiger partial charge is 0.123 e. The molecule has 0 aliphatic heterocycles. The van der Waals surface area contributed by atoms with Crippen LogP contribution >= 0.6 is 0 Å². The van der Waals surface area contributed by atoms with Gasteiger partial charge in [0, 0.05) is 5.92 Å². The van der Waals surface area contributed by atoms with Crippen molar-refractivity contribution in [1.82, 2.24) is 0 Å². The summed E-state index contributed by atoms with van der Waals surface area (Å²) >= 11 is 0. The molecule has 0 N–H and O–H groups in total. The van der Waals surface area contributed by atoms with Crippen LogP contribution in [0.15, 0.2) is 12.7 Å². The van der Waals surface area contributed by atoms with E-state index in [0.717, 1.165) is 32.0 Å². The van der Waals surface area contributed by atoms with Crippen LogP contribution in [0.4, 0.5) is 0 Å². The van der Waals surface area contributed by atoms with Crippen molar-refractivity contribution >= 4 is 6.29 Å². The van der Waals surface area contributed by atoms with Crippen LogP contribution in [0.25, 0.3) is 0 Å². The molecule has 1 heteroatoms. The largest absolute Gasteiger partial charge is 0.303 e. The predicted octanol–water partition coefficient (Wildman–Crippen LogP) is 2.18. The van der Waals surface area contributed by atoms with Gasteiger partial charge in [-0.15, -0.1) is 6.58 Å². The van der Waals surface area contributed by atoms with Gasteiger partial charge in [0.2, 0.25) is 0 Å². The quantitative estimate of drug-likeness (QED) is 0.422. The first-order valence-corrected chi connectivity index (χ1v) is 3.94. The lowest BCUT2D eigenvalue weighted by Crippen LogP contribution is -2.13. The van der Waals surface area contributed by atoms with E-state index in [-0.39, 0.29) is 0 Å². The lowest BCUT2D eigenvalue weighted by atomic mass is 9.83. The Bertz CT molecular complexity index is 105. The summed E-state index contributed by atoms with van der Waals surface area (Å²) in [5.74, 6) is 1.02. The summed E-state index contributed by atoms with van der Waals surface area (Å²) in [6.07, 6.45) is 7.57. The molecule has 0 aromatic carbocycles. The van der Waals surface area contributed by atoms with Gasteiger partial charge in [-0.1, -0.05) is 6.08 Å². The molecule has 0 saturated heterocycles. The zero-order chi connectivity index (χ0) is 7.40. The third-order valence-corrected chi connectivity index (χ3v) is 2.34. The molecule has 1 nitrogen and oxygen atoms in total. The Morgan fingerprint density at radius 1 is 1.10 bits per heavy atom. The van der Waals surface area contributed by atoms with Gasteiger partial charge in [-0.05, 0) is 31.6 Å². The normalized spacial score (nSPS) is 33.2. The Morgan fingerprint density at radius 3 is 2.00 bits per heavy atom. The zero-order valence-electron chi connectivity index (χ0n) is 6.25. The third kappa shape index (κ3) is 1.69. The molecular weight excluding hydrogens is 124 g/mol. The Morgan fingerprint density at radius 2 is 1.60 bits per heavy atom. The molecule has 0 unspecified atom stereocenters. The van der Waals surface area contributed by atoms with E-state index >= 15 is 0 Å². The van der Waals surface area contributed by atoms with Crippen LogP contribution in [-0.2, 0) is 4.79 Å². The highest BCUT2D eigenvalue weighted by atomic mass is 16.1. The van der Waals surface area contributed by atoms with Crippen molar-refractivity contribution in [3.05, 3.63) is 12.7 Å².